The normalized spacial score (nSPS) is 13.5. The average molecular weight is 232 g/mol. The minimum atomic E-state index is -4.54. The summed E-state index contributed by atoms with van der Waals surface area (Å²) in [6.07, 6.45) is 0. The van der Waals surface area contributed by atoms with E-state index in [0.717, 1.165) is 0 Å². The van der Waals surface area contributed by atoms with Crippen LogP contribution in [0.1, 0.15) is 13.8 Å². The van der Waals surface area contributed by atoms with Crippen LogP contribution in [0.15, 0.2) is 0 Å². The molecule has 0 radical (unpaired) electrons. The van der Waals surface area contributed by atoms with Crippen LogP contribution in [0.2, 0.25) is 0 Å². The van der Waals surface area contributed by atoms with Crippen LogP contribution in [-0.2, 0) is 24.4 Å². The van der Waals surface area contributed by atoms with Gasteiger partial charge < -0.3 is 0 Å². The molecule has 6 nitrogen and oxygen atoms in total. The summed E-state index contributed by atoms with van der Waals surface area (Å²) < 4.78 is 54.1. The number of hydrogen-bond acceptors (Lipinski definition) is 5. The van der Waals surface area contributed by atoms with E-state index < -0.39 is 37.8 Å². The second kappa shape index (κ2) is 4.36. The summed E-state index contributed by atoms with van der Waals surface area (Å²) in [5.74, 6) is -0.426. The Bertz CT molecular complexity index is 337. The molecular weight excluding hydrogens is 220 g/mol. The Morgan fingerprint density at radius 1 is 1.23 bits per heavy atom. The van der Waals surface area contributed by atoms with E-state index >= 15 is 0 Å². The van der Waals surface area contributed by atoms with Crippen LogP contribution in [-0.4, -0.2) is 39.0 Å². The quantitative estimate of drug-likeness (QED) is 0.649. The third-order valence-electron chi connectivity index (χ3n) is 1.32. The monoisotopic (exact) mass is 232 g/mol. The fourth-order valence-electron chi connectivity index (χ4n) is 0.491. The number of hydrogen-bond donors (Lipinski definition) is 1. The Balaban J connectivity index is 4.07. The van der Waals surface area contributed by atoms with Gasteiger partial charge in [0.05, 0.1) is 17.6 Å². The minimum absolute atomic E-state index is 0.426. The third-order valence-corrected chi connectivity index (χ3v) is 3.96. The summed E-state index contributed by atoms with van der Waals surface area (Å²) in [5, 5.41) is -0.586. The van der Waals surface area contributed by atoms with Crippen molar-refractivity contribution in [2.24, 2.45) is 0 Å². The highest BCUT2D eigenvalue weighted by Gasteiger charge is 2.17. The molecule has 13 heavy (non-hydrogen) atoms. The van der Waals surface area contributed by atoms with Crippen LogP contribution in [0.5, 0.6) is 0 Å². The first kappa shape index (κ1) is 12.8. The fourth-order valence-corrected chi connectivity index (χ4v) is 1.68. The van der Waals surface area contributed by atoms with Crippen molar-refractivity contribution in [1.29, 1.82) is 0 Å². The Labute approximate surface area is 77.8 Å². The second-order valence-corrected chi connectivity index (χ2v) is 6.43. The Hall–Kier alpha value is -0.180. The van der Waals surface area contributed by atoms with E-state index in [4.69, 9.17) is 4.55 Å². The van der Waals surface area contributed by atoms with Crippen LogP contribution >= 0.6 is 0 Å². The van der Waals surface area contributed by atoms with Crippen molar-refractivity contribution in [3.8, 4) is 0 Å². The van der Waals surface area contributed by atoms with Crippen molar-refractivity contribution in [1.82, 2.24) is 0 Å². The molecule has 0 spiro atoms. The molecule has 0 amide bonds. The lowest BCUT2D eigenvalue weighted by Gasteiger charge is -2.05. The number of rotatable bonds is 5. The maximum atomic E-state index is 11.1. The molecule has 0 saturated heterocycles. The zero-order chi connectivity index (χ0) is 10.7. The summed E-state index contributed by atoms with van der Waals surface area (Å²) in [7, 11) is -7.86. The molecule has 0 atom stereocenters. The summed E-state index contributed by atoms with van der Waals surface area (Å²) in [5.41, 5.74) is 0. The predicted octanol–water partition coefficient (Wildman–Crippen LogP) is -0.371. The molecule has 0 saturated carbocycles. The van der Waals surface area contributed by atoms with E-state index in [1.165, 1.54) is 13.8 Å². The van der Waals surface area contributed by atoms with E-state index in [9.17, 15) is 16.8 Å². The molecule has 0 aliphatic rings. The van der Waals surface area contributed by atoms with Crippen molar-refractivity contribution >= 4 is 20.2 Å². The average Bonchev–Trinajstić information content (AvgIpc) is 1.82. The summed E-state index contributed by atoms with van der Waals surface area (Å²) in [4.78, 5) is 0. The lowest BCUT2D eigenvalue weighted by atomic mass is 10.6. The van der Waals surface area contributed by atoms with Crippen LogP contribution < -0.4 is 0 Å². The zero-order valence-electron chi connectivity index (χ0n) is 7.30. The smallest absolute Gasteiger partial charge is 0.264 e. The van der Waals surface area contributed by atoms with Gasteiger partial charge in [0.15, 0.2) is 9.84 Å². The lowest BCUT2D eigenvalue weighted by molar-refractivity contribution is 0.283. The molecule has 0 aliphatic heterocycles. The summed E-state index contributed by atoms with van der Waals surface area (Å²) in [6.45, 7) is 2.39. The van der Waals surface area contributed by atoms with E-state index in [1.54, 1.807) is 0 Å². The minimum Gasteiger partial charge on any atom is -0.264 e. The van der Waals surface area contributed by atoms with Gasteiger partial charge in [-0.25, -0.2) is 12.6 Å². The molecule has 0 aromatic carbocycles. The first-order valence-corrected chi connectivity index (χ1v) is 6.56. The molecule has 8 heteroatoms. The van der Waals surface area contributed by atoms with Crippen LogP contribution in [0.3, 0.4) is 0 Å². The largest absolute Gasteiger partial charge is 0.397 e. The summed E-state index contributed by atoms with van der Waals surface area (Å²) in [6, 6.07) is 0. The highest BCUT2D eigenvalue weighted by molar-refractivity contribution is 7.92. The maximum Gasteiger partial charge on any atom is 0.397 e. The SMILES string of the molecule is CC(C)S(=O)(=O)CCOS(=O)(=O)O. The standard InChI is InChI=1S/C5H12O6S2/c1-5(2)12(6,7)4-3-11-13(8,9)10/h5H,3-4H2,1-2H3,(H,8,9,10). The van der Waals surface area contributed by atoms with Gasteiger partial charge >= 0.3 is 10.4 Å². The topological polar surface area (TPSA) is 97.7 Å². The molecule has 0 fully saturated rings. The van der Waals surface area contributed by atoms with Crippen molar-refractivity contribution in [2.75, 3.05) is 12.4 Å². The lowest BCUT2D eigenvalue weighted by Crippen LogP contribution is -2.22. The van der Waals surface area contributed by atoms with Crippen molar-refractivity contribution in [2.45, 2.75) is 19.1 Å². The molecule has 0 aliphatic carbocycles. The Morgan fingerprint density at radius 3 is 2.00 bits per heavy atom. The van der Waals surface area contributed by atoms with Crippen LogP contribution in [0.4, 0.5) is 0 Å². The molecule has 0 aromatic heterocycles. The Kier molecular flexibility index (Phi) is 4.30. The Morgan fingerprint density at radius 2 is 1.69 bits per heavy atom. The van der Waals surface area contributed by atoms with Gasteiger partial charge in [-0.15, -0.1) is 0 Å². The van der Waals surface area contributed by atoms with Gasteiger partial charge in [-0.05, 0) is 13.8 Å². The summed E-state index contributed by atoms with van der Waals surface area (Å²) >= 11 is 0. The highest BCUT2D eigenvalue weighted by Crippen LogP contribution is 2.00. The molecule has 0 bridgehead atoms. The first-order chi connectivity index (χ1) is 5.65. The number of sulfone groups is 1. The first-order valence-electron chi connectivity index (χ1n) is 3.48. The van der Waals surface area contributed by atoms with Gasteiger partial charge in [0.1, 0.15) is 0 Å². The maximum absolute atomic E-state index is 11.1. The van der Waals surface area contributed by atoms with Gasteiger partial charge in [-0.1, -0.05) is 0 Å². The molecule has 80 valence electrons. The van der Waals surface area contributed by atoms with Gasteiger partial charge in [0.25, 0.3) is 0 Å². The van der Waals surface area contributed by atoms with E-state index in [2.05, 4.69) is 4.18 Å². The van der Waals surface area contributed by atoms with Crippen molar-refractivity contribution in [3.63, 3.8) is 0 Å². The van der Waals surface area contributed by atoms with Crippen molar-refractivity contribution in [3.05, 3.63) is 0 Å². The van der Waals surface area contributed by atoms with Gasteiger partial charge in [-0.3, -0.25) is 4.55 Å². The fraction of sp³-hybridized carbons (Fsp3) is 1.00. The highest BCUT2D eigenvalue weighted by atomic mass is 32.3. The van der Waals surface area contributed by atoms with Crippen LogP contribution in [0, 0.1) is 0 Å². The van der Waals surface area contributed by atoms with Crippen LogP contribution in [0.25, 0.3) is 0 Å². The third kappa shape index (κ3) is 5.97. The molecule has 0 unspecified atom stereocenters. The molecule has 1 N–H and O–H groups in total. The van der Waals surface area contributed by atoms with Gasteiger partial charge in [0.2, 0.25) is 0 Å². The second-order valence-electron chi connectivity index (χ2n) is 2.67. The van der Waals surface area contributed by atoms with Gasteiger partial charge in [0, 0.05) is 0 Å². The molecular formula is C5H12O6S2. The zero-order valence-corrected chi connectivity index (χ0v) is 8.93. The van der Waals surface area contributed by atoms with E-state index in [0.29, 0.717) is 0 Å². The van der Waals surface area contributed by atoms with Gasteiger partial charge in [-0.2, -0.15) is 8.42 Å². The predicted molar refractivity (Wildman–Crippen MR) is 46.4 cm³/mol. The van der Waals surface area contributed by atoms with E-state index in [1.807, 2.05) is 0 Å². The van der Waals surface area contributed by atoms with Crippen molar-refractivity contribution < 1.29 is 25.6 Å². The molecule has 0 heterocycles. The van der Waals surface area contributed by atoms with E-state index in [-0.39, 0.29) is 0 Å². The molecule has 0 aromatic rings. The molecule has 0 rings (SSSR count).